The fourth-order valence-electron chi connectivity index (χ4n) is 5.87. The molecule has 0 spiro atoms. The van der Waals surface area contributed by atoms with Crippen LogP contribution in [0.5, 0.6) is 0 Å². The van der Waals surface area contributed by atoms with Crippen molar-refractivity contribution in [1.82, 2.24) is 9.55 Å². The van der Waals surface area contributed by atoms with Gasteiger partial charge in [0.25, 0.3) is 11.5 Å². The lowest BCUT2D eigenvalue weighted by atomic mass is 10.0. The molecule has 0 aliphatic carbocycles. The number of aromatic nitrogens is 2. The van der Waals surface area contributed by atoms with Crippen LogP contribution in [0.25, 0.3) is 33.2 Å². The maximum Gasteiger partial charge on any atom is 0.262 e. The summed E-state index contributed by atoms with van der Waals surface area (Å²) in [5.74, 6) is -0.116. The SMILES string of the molecule is O=C(Nc1nc2cc(-c3ccccc3)ccc2c(=O)n1CC1CCC(c2ccc(-c3ccccc3)cc2)O1)c1ccccc1. The number of carbonyl (C=O) groups is 1. The Balaban J connectivity index is 1.18. The van der Waals surface area contributed by atoms with Crippen LogP contribution in [0.1, 0.15) is 34.9 Å². The maximum absolute atomic E-state index is 13.9. The number of benzene rings is 5. The van der Waals surface area contributed by atoms with Crippen molar-refractivity contribution in [3.05, 3.63) is 155 Å². The zero-order chi connectivity index (χ0) is 29.9. The molecular formula is C38H31N3O3. The highest BCUT2D eigenvalue weighted by Gasteiger charge is 2.28. The zero-order valence-electron chi connectivity index (χ0n) is 24.1. The van der Waals surface area contributed by atoms with Crippen LogP contribution in [0, 0.1) is 0 Å². The van der Waals surface area contributed by atoms with E-state index in [1.165, 1.54) is 5.56 Å². The van der Waals surface area contributed by atoms with E-state index >= 15 is 0 Å². The van der Waals surface area contributed by atoms with Gasteiger partial charge >= 0.3 is 0 Å². The van der Waals surface area contributed by atoms with Crippen LogP contribution >= 0.6 is 0 Å². The normalized spacial score (nSPS) is 16.2. The van der Waals surface area contributed by atoms with Crippen molar-refractivity contribution < 1.29 is 9.53 Å². The van der Waals surface area contributed by atoms with E-state index in [4.69, 9.17) is 9.72 Å². The van der Waals surface area contributed by atoms with Crippen molar-refractivity contribution in [3.63, 3.8) is 0 Å². The van der Waals surface area contributed by atoms with Crippen LogP contribution in [0.4, 0.5) is 5.95 Å². The smallest absolute Gasteiger partial charge is 0.262 e. The molecule has 7 rings (SSSR count). The van der Waals surface area contributed by atoms with Gasteiger partial charge in [0.2, 0.25) is 5.95 Å². The van der Waals surface area contributed by atoms with Crippen LogP contribution < -0.4 is 10.9 Å². The number of nitrogens with one attached hydrogen (secondary N) is 1. The van der Waals surface area contributed by atoms with Crippen molar-refractivity contribution in [3.8, 4) is 22.3 Å². The lowest BCUT2D eigenvalue weighted by molar-refractivity contribution is 0.0347. The summed E-state index contributed by atoms with van der Waals surface area (Å²) in [5.41, 5.74) is 6.22. The number of rotatable bonds is 7. The first-order chi connectivity index (χ1) is 21.6. The highest BCUT2D eigenvalue weighted by Crippen LogP contribution is 2.35. The standard InChI is InChI=1S/C38H31N3O3/c42-36(30-14-8-3-9-15-30)40-38-39-34-24-31(27-12-6-2-7-13-27)20-22-33(34)37(43)41(38)25-32-21-23-35(44-32)29-18-16-28(17-19-29)26-10-4-1-5-11-26/h1-20,22,24,32,35H,21,23,25H2,(H,39,40,42). The summed E-state index contributed by atoms with van der Waals surface area (Å²) in [4.78, 5) is 32.0. The largest absolute Gasteiger partial charge is 0.368 e. The van der Waals surface area contributed by atoms with Crippen molar-refractivity contribution in [2.75, 3.05) is 5.32 Å². The molecule has 6 heteroatoms. The molecule has 0 saturated carbocycles. The van der Waals surface area contributed by atoms with Crippen molar-refractivity contribution in [2.24, 2.45) is 0 Å². The highest BCUT2D eigenvalue weighted by atomic mass is 16.5. The third-order valence-corrected chi connectivity index (χ3v) is 8.21. The summed E-state index contributed by atoms with van der Waals surface area (Å²) in [6.07, 6.45) is 1.36. The van der Waals surface area contributed by atoms with E-state index in [2.05, 4.69) is 41.7 Å². The van der Waals surface area contributed by atoms with Gasteiger partial charge in [-0.25, -0.2) is 4.98 Å². The van der Waals surface area contributed by atoms with E-state index in [0.29, 0.717) is 16.5 Å². The Hall–Kier alpha value is -5.33. The molecule has 216 valence electrons. The molecule has 1 fully saturated rings. The Morgan fingerprint density at radius 3 is 2.00 bits per heavy atom. The number of fused-ring (bicyclic) bond motifs is 1. The Morgan fingerprint density at radius 1 is 0.727 bits per heavy atom. The predicted octanol–water partition coefficient (Wildman–Crippen LogP) is 7.90. The molecule has 1 aromatic heterocycles. The van der Waals surface area contributed by atoms with Crippen LogP contribution in [0.3, 0.4) is 0 Å². The molecule has 0 radical (unpaired) electrons. The number of hydrogen-bond donors (Lipinski definition) is 1. The number of ether oxygens (including phenoxy) is 1. The third kappa shape index (κ3) is 5.68. The van der Waals surface area contributed by atoms with E-state index < -0.39 is 0 Å². The van der Waals surface area contributed by atoms with Gasteiger partial charge in [-0.1, -0.05) is 109 Å². The van der Waals surface area contributed by atoms with Crippen LogP contribution in [0.15, 0.2) is 138 Å². The molecule has 6 aromatic rings. The van der Waals surface area contributed by atoms with Crippen molar-refractivity contribution in [2.45, 2.75) is 31.6 Å². The van der Waals surface area contributed by atoms with Gasteiger partial charge in [-0.15, -0.1) is 0 Å². The summed E-state index contributed by atoms with van der Waals surface area (Å²) in [5, 5.41) is 3.41. The fourth-order valence-corrected chi connectivity index (χ4v) is 5.87. The number of carbonyl (C=O) groups excluding carboxylic acids is 1. The molecule has 5 aromatic carbocycles. The van der Waals surface area contributed by atoms with Gasteiger partial charge in [0.05, 0.1) is 29.7 Å². The number of anilines is 1. The number of amides is 1. The van der Waals surface area contributed by atoms with Gasteiger partial charge in [0.1, 0.15) is 0 Å². The molecule has 1 saturated heterocycles. The minimum absolute atomic E-state index is 0.0651. The summed E-state index contributed by atoms with van der Waals surface area (Å²) in [6.45, 7) is 0.283. The molecule has 2 unspecified atom stereocenters. The summed E-state index contributed by atoms with van der Waals surface area (Å²) >= 11 is 0. The quantitative estimate of drug-likeness (QED) is 0.209. The van der Waals surface area contributed by atoms with E-state index in [0.717, 1.165) is 35.1 Å². The van der Waals surface area contributed by atoms with Gasteiger partial charge in [-0.05, 0) is 64.9 Å². The Kier molecular flexibility index (Phi) is 7.57. The van der Waals surface area contributed by atoms with Crippen LogP contribution in [-0.2, 0) is 11.3 Å². The van der Waals surface area contributed by atoms with E-state index in [1.54, 1.807) is 28.8 Å². The Morgan fingerprint density at radius 2 is 1.32 bits per heavy atom. The number of hydrogen-bond acceptors (Lipinski definition) is 4. The van der Waals surface area contributed by atoms with E-state index in [-0.39, 0.29) is 36.2 Å². The topological polar surface area (TPSA) is 73.2 Å². The molecule has 0 bridgehead atoms. The zero-order valence-corrected chi connectivity index (χ0v) is 24.1. The van der Waals surface area contributed by atoms with Crippen LogP contribution in [0.2, 0.25) is 0 Å². The van der Waals surface area contributed by atoms with Gasteiger partial charge < -0.3 is 4.74 Å². The summed E-state index contributed by atoms with van der Waals surface area (Å²) in [7, 11) is 0. The second-order valence-electron chi connectivity index (χ2n) is 11.1. The minimum atomic E-state index is -0.325. The fraction of sp³-hybridized carbons (Fsp3) is 0.132. The molecule has 1 aliphatic rings. The first-order valence-electron chi connectivity index (χ1n) is 14.9. The second-order valence-corrected chi connectivity index (χ2v) is 11.1. The first kappa shape index (κ1) is 27.5. The lowest BCUT2D eigenvalue weighted by Gasteiger charge is -2.19. The molecular weight excluding hydrogens is 546 g/mol. The molecule has 2 heterocycles. The van der Waals surface area contributed by atoms with Crippen LogP contribution in [-0.4, -0.2) is 21.6 Å². The van der Waals surface area contributed by atoms with Gasteiger partial charge in [-0.2, -0.15) is 0 Å². The number of nitrogens with zero attached hydrogens (tertiary/aromatic N) is 2. The monoisotopic (exact) mass is 577 g/mol. The van der Waals surface area contributed by atoms with Crippen molar-refractivity contribution in [1.29, 1.82) is 0 Å². The Bertz CT molecular complexity index is 1970. The highest BCUT2D eigenvalue weighted by molar-refractivity contribution is 6.03. The molecule has 1 aliphatic heterocycles. The molecule has 1 amide bonds. The first-order valence-corrected chi connectivity index (χ1v) is 14.9. The van der Waals surface area contributed by atoms with Gasteiger partial charge in [-0.3, -0.25) is 19.5 Å². The second kappa shape index (κ2) is 12.1. The molecule has 6 nitrogen and oxygen atoms in total. The van der Waals surface area contributed by atoms with Gasteiger partial charge in [0.15, 0.2) is 0 Å². The van der Waals surface area contributed by atoms with Gasteiger partial charge in [0, 0.05) is 5.56 Å². The third-order valence-electron chi connectivity index (χ3n) is 8.21. The molecule has 2 atom stereocenters. The van der Waals surface area contributed by atoms with E-state index in [1.807, 2.05) is 72.8 Å². The summed E-state index contributed by atoms with van der Waals surface area (Å²) < 4.78 is 8.04. The average Bonchev–Trinajstić information content (AvgIpc) is 3.56. The summed E-state index contributed by atoms with van der Waals surface area (Å²) in [6, 6.07) is 43.3. The molecule has 1 N–H and O–H groups in total. The maximum atomic E-state index is 13.9. The predicted molar refractivity (Wildman–Crippen MR) is 175 cm³/mol. The average molecular weight is 578 g/mol. The Labute approximate surface area is 255 Å². The lowest BCUT2D eigenvalue weighted by Crippen LogP contribution is -2.31. The minimum Gasteiger partial charge on any atom is -0.368 e. The van der Waals surface area contributed by atoms with Crippen molar-refractivity contribution >= 4 is 22.8 Å². The molecule has 44 heavy (non-hydrogen) atoms. The van der Waals surface area contributed by atoms with E-state index in [9.17, 15) is 9.59 Å².